The summed E-state index contributed by atoms with van der Waals surface area (Å²) in [6.07, 6.45) is 0. The highest BCUT2D eigenvalue weighted by atomic mass is 32.1. The number of benzene rings is 2. The first kappa shape index (κ1) is 13.3. The third-order valence-corrected chi connectivity index (χ3v) is 5.81. The van der Waals surface area contributed by atoms with E-state index < -0.39 is 0 Å². The molecule has 0 atom stereocenters. The summed E-state index contributed by atoms with van der Waals surface area (Å²) in [5, 5.41) is 1.80. The molecule has 2 aromatic carbocycles. The summed E-state index contributed by atoms with van der Waals surface area (Å²) in [4.78, 5) is 13.0. The number of hydrogen-bond donors (Lipinski definition) is 0. The third kappa shape index (κ3) is 1.64. The van der Waals surface area contributed by atoms with Gasteiger partial charge >= 0.3 is 0 Å². The Morgan fingerprint density at radius 1 is 0.800 bits per heavy atom. The molecule has 1 nitrogen and oxygen atoms in total. The van der Waals surface area contributed by atoms with Crippen molar-refractivity contribution in [3.8, 4) is 0 Å². The summed E-state index contributed by atoms with van der Waals surface area (Å²) in [6, 6.07) is 6.10. The van der Waals surface area contributed by atoms with Gasteiger partial charge in [-0.2, -0.15) is 0 Å². The molecule has 0 bridgehead atoms. The highest BCUT2D eigenvalue weighted by Gasteiger charge is 2.15. The topological polar surface area (TPSA) is 17.1 Å². The average molecular weight is 282 g/mol. The second-order valence-corrected chi connectivity index (χ2v) is 6.64. The molecule has 0 amide bonds. The van der Waals surface area contributed by atoms with Crippen LogP contribution in [0.5, 0.6) is 0 Å². The van der Waals surface area contributed by atoms with Crippen molar-refractivity contribution < 1.29 is 0 Å². The highest BCUT2D eigenvalue weighted by Crippen LogP contribution is 2.33. The lowest BCUT2D eigenvalue weighted by Crippen LogP contribution is -2.07. The van der Waals surface area contributed by atoms with Crippen LogP contribution in [0.3, 0.4) is 0 Å². The summed E-state index contributed by atoms with van der Waals surface area (Å²) in [5.41, 5.74) is 6.18. The predicted molar refractivity (Wildman–Crippen MR) is 89.3 cm³/mol. The fraction of sp³-hybridized carbons (Fsp3) is 0.278. The van der Waals surface area contributed by atoms with E-state index >= 15 is 0 Å². The van der Waals surface area contributed by atoms with Gasteiger partial charge in [-0.15, -0.1) is 11.3 Å². The lowest BCUT2D eigenvalue weighted by Gasteiger charge is -2.14. The van der Waals surface area contributed by atoms with Crippen LogP contribution in [0.4, 0.5) is 0 Å². The molecule has 0 aliphatic carbocycles. The molecule has 102 valence electrons. The van der Waals surface area contributed by atoms with Crippen molar-refractivity contribution in [2.45, 2.75) is 34.6 Å². The molecule has 3 aromatic rings. The van der Waals surface area contributed by atoms with Gasteiger partial charge in [0.2, 0.25) is 0 Å². The Balaban J connectivity index is 2.72. The Labute approximate surface area is 122 Å². The monoisotopic (exact) mass is 282 g/mol. The van der Waals surface area contributed by atoms with Crippen molar-refractivity contribution >= 4 is 31.5 Å². The molecule has 0 radical (unpaired) electrons. The Hall–Kier alpha value is -1.67. The summed E-state index contributed by atoms with van der Waals surface area (Å²) in [7, 11) is 0. The van der Waals surface area contributed by atoms with Crippen LogP contribution >= 0.6 is 11.3 Å². The van der Waals surface area contributed by atoms with E-state index in [9.17, 15) is 4.79 Å². The van der Waals surface area contributed by atoms with Crippen LogP contribution in [0, 0.1) is 34.6 Å². The highest BCUT2D eigenvalue weighted by molar-refractivity contribution is 7.24. The number of hydrogen-bond acceptors (Lipinski definition) is 2. The van der Waals surface area contributed by atoms with Gasteiger partial charge in [0.05, 0.1) is 0 Å². The molecule has 0 spiro atoms. The molecule has 1 aromatic heterocycles. The van der Waals surface area contributed by atoms with E-state index in [4.69, 9.17) is 0 Å². The smallest absolute Gasteiger partial charge is 0.196 e. The van der Waals surface area contributed by atoms with Crippen molar-refractivity contribution in [1.82, 2.24) is 0 Å². The van der Waals surface area contributed by atoms with Crippen LogP contribution in [0.1, 0.15) is 27.8 Å². The molecule has 2 heteroatoms. The number of aryl methyl sites for hydroxylation is 3. The molecule has 0 aliphatic rings. The molecule has 1 heterocycles. The zero-order chi connectivity index (χ0) is 14.6. The minimum atomic E-state index is 0.190. The van der Waals surface area contributed by atoms with E-state index in [1.807, 2.05) is 19.1 Å². The summed E-state index contributed by atoms with van der Waals surface area (Å²) >= 11 is 1.74. The minimum Gasteiger partial charge on any atom is -0.288 e. The van der Waals surface area contributed by atoms with Crippen LogP contribution in [-0.4, -0.2) is 0 Å². The summed E-state index contributed by atoms with van der Waals surface area (Å²) in [5.74, 6) is 0. The first-order valence-electron chi connectivity index (χ1n) is 6.86. The van der Waals surface area contributed by atoms with Gasteiger partial charge in [-0.05, 0) is 68.5 Å². The van der Waals surface area contributed by atoms with E-state index in [1.54, 1.807) is 11.3 Å². The largest absolute Gasteiger partial charge is 0.288 e. The maximum atomic E-state index is 13.0. The van der Waals surface area contributed by atoms with Crippen molar-refractivity contribution in [2.75, 3.05) is 0 Å². The molecule has 0 saturated carbocycles. The van der Waals surface area contributed by atoms with Gasteiger partial charge in [0.1, 0.15) is 0 Å². The molecule has 0 N–H and O–H groups in total. The first-order chi connectivity index (χ1) is 9.43. The van der Waals surface area contributed by atoms with Crippen molar-refractivity contribution in [2.24, 2.45) is 0 Å². The van der Waals surface area contributed by atoms with Gasteiger partial charge in [-0.1, -0.05) is 12.1 Å². The van der Waals surface area contributed by atoms with Crippen LogP contribution in [0.15, 0.2) is 23.0 Å². The van der Waals surface area contributed by atoms with E-state index in [0.29, 0.717) is 0 Å². The molecule has 0 saturated heterocycles. The van der Waals surface area contributed by atoms with Crippen LogP contribution in [0.25, 0.3) is 20.2 Å². The molecular formula is C18H18OS. The predicted octanol–water partition coefficient (Wildman–Crippen LogP) is 4.96. The third-order valence-electron chi connectivity index (χ3n) is 4.53. The minimum absolute atomic E-state index is 0.190. The normalized spacial score (nSPS) is 11.4. The molecule has 0 aliphatic heterocycles. The average Bonchev–Trinajstić information content (AvgIpc) is 2.42. The van der Waals surface area contributed by atoms with Gasteiger partial charge in [-0.25, -0.2) is 0 Å². The van der Waals surface area contributed by atoms with Crippen molar-refractivity contribution in [3.63, 3.8) is 0 Å². The van der Waals surface area contributed by atoms with E-state index in [-0.39, 0.29) is 5.43 Å². The maximum absolute atomic E-state index is 13.0. The van der Waals surface area contributed by atoms with Gasteiger partial charge in [-0.3, -0.25) is 4.79 Å². The van der Waals surface area contributed by atoms with E-state index in [1.165, 1.54) is 16.7 Å². The Morgan fingerprint density at radius 2 is 1.45 bits per heavy atom. The quantitative estimate of drug-likeness (QED) is 0.533. The second-order valence-electron chi connectivity index (χ2n) is 5.58. The molecule has 3 rings (SSSR count). The Morgan fingerprint density at radius 3 is 2.15 bits per heavy atom. The SMILES string of the molecule is Cc1c(C)c(C)c2c(=O)c3c(C)cccc3sc2c1C. The summed E-state index contributed by atoms with van der Waals surface area (Å²) in [6.45, 7) is 10.5. The zero-order valence-corrected chi connectivity index (χ0v) is 13.4. The molecule has 0 unspecified atom stereocenters. The van der Waals surface area contributed by atoms with Crippen LogP contribution < -0.4 is 5.43 Å². The second kappa shape index (κ2) is 4.42. The molecule has 20 heavy (non-hydrogen) atoms. The fourth-order valence-electron chi connectivity index (χ4n) is 2.93. The lowest BCUT2D eigenvalue weighted by atomic mass is 9.95. The lowest BCUT2D eigenvalue weighted by molar-refractivity contribution is 1.25. The zero-order valence-electron chi connectivity index (χ0n) is 12.5. The fourth-order valence-corrected chi connectivity index (χ4v) is 4.31. The first-order valence-corrected chi connectivity index (χ1v) is 7.67. The van der Waals surface area contributed by atoms with Crippen LogP contribution in [0.2, 0.25) is 0 Å². The van der Waals surface area contributed by atoms with Gasteiger partial charge in [0.25, 0.3) is 0 Å². The molecule has 0 fully saturated rings. The van der Waals surface area contributed by atoms with E-state index in [2.05, 4.69) is 33.8 Å². The van der Waals surface area contributed by atoms with Crippen LogP contribution in [-0.2, 0) is 0 Å². The van der Waals surface area contributed by atoms with Crippen molar-refractivity contribution in [1.29, 1.82) is 0 Å². The summed E-state index contributed by atoms with van der Waals surface area (Å²) < 4.78 is 2.24. The number of rotatable bonds is 0. The van der Waals surface area contributed by atoms with Crippen molar-refractivity contribution in [3.05, 3.63) is 56.2 Å². The maximum Gasteiger partial charge on any atom is 0.196 e. The van der Waals surface area contributed by atoms with Gasteiger partial charge < -0.3 is 0 Å². The number of fused-ring (bicyclic) bond motifs is 2. The van der Waals surface area contributed by atoms with E-state index in [0.717, 1.165) is 31.3 Å². The standard InChI is InChI=1S/C18H18OS/c1-9-7-6-8-14-15(9)17(19)16-12(4)10(2)11(3)13(5)18(16)20-14/h6-8H,1-5H3. The molecular weight excluding hydrogens is 264 g/mol. The van der Waals surface area contributed by atoms with Gasteiger partial charge in [0, 0.05) is 20.2 Å². The Kier molecular flexibility index (Phi) is 2.94. The van der Waals surface area contributed by atoms with Gasteiger partial charge in [0.15, 0.2) is 5.43 Å². The Bertz CT molecular complexity index is 916.